The lowest BCUT2D eigenvalue weighted by Gasteiger charge is -2.14. The Morgan fingerprint density at radius 1 is 1.15 bits per heavy atom. The van der Waals surface area contributed by atoms with Crippen LogP contribution in [0, 0.1) is 5.82 Å². The van der Waals surface area contributed by atoms with Gasteiger partial charge in [-0.1, -0.05) is 21.1 Å². The number of carbonyl (C=O) groups is 1. The minimum absolute atomic E-state index is 0.128. The summed E-state index contributed by atoms with van der Waals surface area (Å²) < 4.78 is 19.2. The number of rotatable bonds is 6. The first kappa shape index (κ1) is 19.6. The summed E-state index contributed by atoms with van der Waals surface area (Å²) in [6.45, 7) is 3.61. The predicted molar refractivity (Wildman–Crippen MR) is 106 cm³/mol. The fourth-order valence-electron chi connectivity index (χ4n) is 2.29. The summed E-state index contributed by atoms with van der Waals surface area (Å²) in [6.07, 6.45) is 0. The number of aromatic nitrogens is 2. The lowest BCUT2D eigenvalue weighted by molar-refractivity contribution is -0.121. The molecule has 0 saturated carbocycles. The molecular weight excluding hydrogens is 433 g/mol. The number of thioether (sulfide) groups is 1. The van der Waals surface area contributed by atoms with Gasteiger partial charge < -0.3 is 9.84 Å². The molecule has 5 nitrogen and oxygen atoms in total. The van der Waals surface area contributed by atoms with Crippen LogP contribution in [-0.4, -0.2) is 21.3 Å². The Labute approximate surface area is 168 Å². The smallest absolute Gasteiger partial charge is 0.249 e. The zero-order chi connectivity index (χ0) is 19.4. The highest BCUT2D eigenvalue weighted by Gasteiger charge is 2.21. The molecule has 1 heterocycles. The van der Waals surface area contributed by atoms with Crippen molar-refractivity contribution in [2.24, 2.45) is 0 Å². The van der Waals surface area contributed by atoms with E-state index in [1.165, 1.54) is 23.9 Å². The zero-order valence-electron chi connectivity index (χ0n) is 14.6. The largest absolute Gasteiger partial charge is 0.344 e. The molecule has 0 aliphatic rings. The molecule has 2 aromatic carbocycles. The average Bonchev–Trinajstić information content (AvgIpc) is 3.14. The Morgan fingerprint density at radius 2 is 1.81 bits per heavy atom. The molecule has 0 aliphatic carbocycles. The molecule has 3 aromatic rings. The summed E-state index contributed by atoms with van der Waals surface area (Å²) in [7, 11) is 0. The Bertz CT molecular complexity index is 915. The number of amides is 1. The number of halogens is 2. The molecule has 1 aromatic heterocycles. The van der Waals surface area contributed by atoms with Crippen LogP contribution in [0.3, 0.4) is 0 Å². The minimum atomic E-state index is -0.438. The fraction of sp³-hybridized carbons (Fsp3) is 0.211. The van der Waals surface area contributed by atoms with Gasteiger partial charge in [0.25, 0.3) is 0 Å². The van der Waals surface area contributed by atoms with Crippen molar-refractivity contribution in [1.29, 1.82) is 0 Å². The van der Waals surface area contributed by atoms with Gasteiger partial charge in [-0.05, 0) is 62.4 Å². The van der Waals surface area contributed by atoms with E-state index in [1.807, 2.05) is 31.2 Å². The molecule has 0 saturated heterocycles. The second-order valence-corrected chi connectivity index (χ2v) is 8.24. The van der Waals surface area contributed by atoms with Gasteiger partial charge in [0.15, 0.2) is 0 Å². The van der Waals surface area contributed by atoms with Gasteiger partial charge in [-0.2, -0.15) is 4.98 Å². The van der Waals surface area contributed by atoms with Crippen LogP contribution in [0.4, 0.5) is 4.39 Å². The second kappa shape index (κ2) is 8.67. The molecule has 2 atom stereocenters. The predicted octanol–water partition coefficient (Wildman–Crippen LogP) is 5.00. The van der Waals surface area contributed by atoms with Gasteiger partial charge in [-0.3, -0.25) is 4.79 Å². The highest BCUT2D eigenvalue weighted by Crippen LogP contribution is 2.26. The molecule has 0 aliphatic heterocycles. The summed E-state index contributed by atoms with van der Waals surface area (Å²) in [5.41, 5.74) is 0.643. The summed E-state index contributed by atoms with van der Waals surface area (Å²) >= 11 is 4.86. The third kappa shape index (κ3) is 5.17. The quantitative estimate of drug-likeness (QED) is 0.536. The number of nitrogens with one attached hydrogen (secondary N) is 1. The number of benzene rings is 2. The van der Waals surface area contributed by atoms with Crippen LogP contribution >= 0.6 is 27.7 Å². The van der Waals surface area contributed by atoms with Crippen LogP contribution in [0.5, 0.6) is 0 Å². The average molecular weight is 450 g/mol. The normalized spacial score (nSPS) is 13.2. The molecular formula is C19H17BrFN3O2S. The van der Waals surface area contributed by atoms with Gasteiger partial charge in [0.05, 0.1) is 5.25 Å². The minimum Gasteiger partial charge on any atom is -0.344 e. The van der Waals surface area contributed by atoms with Crippen LogP contribution < -0.4 is 5.32 Å². The molecule has 0 fully saturated rings. The van der Waals surface area contributed by atoms with Crippen molar-refractivity contribution in [3.63, 3.8) is 0 Å². The molecule has 0 bridgehead atoms. The monoisotopic (exact) mass is 449 g/mol. The lowest BCUT2D eigenvalue weighted by atomic mass is 10.2. The molecule has 0 spiro atoms. The Kier molecular flexibility index (Phi) is 6.28. The molecule has 0 radical (unpaired) electrons. The number of hydrogen-bond acceptors (Lipinski definition) is 5. The molecule has 8 heteroatoms. The maximum Gasteiger partial charge on any atom is 0.249 e. The van der Waals surface area contributed by atoms with Crippen molar-refractivity contribution < 1.29 is 13.7 Å². The van der Waals surface area contributed by atoms with E-state index < -0.39 is 6.04 Å². The summed E-state index contributed by atoms with van der Waals surface area (Å²) in [5, 5.41) is 6.49. The first-order chi connectivity index (χ1) is 12.9. The fourth-order valence-corrected chi connectivity index (χ4v) is 3.43. The van der Waals surface area contributed by atoms with Crippen molar-refractivity contribution in [3.05, 3.63) is 64.7 Å². The number of carbonyl (C=O) groups excluding carboxylic acids is 1. The van der Waals surface area contributed by atoms with Crippen molar-refractivity contribution in [1.82, 2.24) is 15.5 Å². The van der Waals surface area contributed by atoms with E-state index in [4.69, 9.17) is 4.52 Å². The van der Waals surface area contributed by atoms with Crippen LogP contribution in [0.1, 0.15) is 25.8 Å². The summed E-state index contributed by atoms with van der Waals surface area (Å²) in [5.74, 6) is 0.184. The molecule has 140 valence electrons. The van der Waals surface area contributed by atoms with Crippen LogP contribution in [0.15, 0.2) is 62.4 Å². The van der Waals surface area contributed by atoms with Crippen LogP contribution in [0.2, 0.25) is 0 Å². The Balaban J connectivity index is 1.61. The maximum absolute atomic E-state index is 13.0. The third-order valence-electron chi connectivity index (χ3n) is 3.77. The summed E-state index contributed by atoms with van der Waals surface area (Å²) in [6, 6.07) is 13.1. The molecule has 1 N–H and O–H groups in total. The Morgan fingerprint density at radius 3 is 2.48 bits per heavy atom. The zero-order valence-corrected chi connectivity index (χ0v) is 17.1. The SMILES string of the molecule is CC(Sc1ccc(Br)cc1)C(=O)NC(C)c1nc(-c2ccc(F)cc2)no1. The molecule has 3 rings (SSSR count). The second-order valence-electron chi connectivity index (χ2n) is 5.91. The maximum atomic E-state index is 13.0. The van der Waals surface area contributed by atoms with Crippen molar-refractivity contribution >= 4 is 33.6 Å². The van der Waals surface area contributed by atoms with E-state index in [9.17, 15) is 9.18 Å². The molecule has 1 amide bonds. The van der Waals surface area contributed by atoms with E-state index in [0.29, 0.717) is 17.3 Å². The van der Waals surface area contributed by atoms with Crippen LogP contribution in [0.25, 0.3) is 11.4 Å². The van der Waals surface area contributed by atoms with E-state index >= 15 is 0 Å². The highest BCUT2D eigenvalue weighted by molar-refractivity contribution is 9.10. The summed E-state index contributed by atoms with van der Waals surface area (Å²) in [4.78, 5) is 17.7. The number of nitrogens with zero attached hydrogens (tertiary/aromatic N) is 2. The van der Waals surface area contributed by atoms with Crippen molar-refractivity contribution in [2.45, 2.75) is 30.0 Å². The molecule has 27 heavy (non-hydrogen) atoms. The lowest BCUT2D eigenvalue weighted by Crippen LogP contribution is -2.33. The topological polar surface area (TPSA) is 68.0 Å². The van der Waals surface area contributed by atoms with Gasteiger partial charge in [-0.15, -0.1) is 11.8 Å². The van der Waals surface area contributed by atoms with Gasteiger partial charge in [0, 0.05) is 14.9 Å². The van der Waals surface area contributed by atoms with E-state index in [2.05, 4.69) is 31.4 Å². The van der Waals surface area contributed by atoms with E-state index in [0.717, 1.165) is 9.37 Å². The first-order valence-corrected chi connectivity index (χ1v) is 9.92. The van der Waals surface area contributed by atoms with Gasteiger partial charge in [-0.25, -0.2) is 4.39 Å². The van der Waals surface area contributed by atoms with Gasteiger partial charge in [0.1, 0.15) is 11.9 Å². The van der Waals surface area contributed by atoms with Crippen molar-refractivity contribution in [2.75, 3.05) is 0 Å². The standard InChI is InChI=1S/C19H17BrFN3O2S/c1-11(19-23-17(24-26-19)13-3-7-15(21)8-4-13)22-18(25)12(2)27-16-9-5-14(20)6-10-16/h3-12H,1-2H3,(H,22,25). The molecule has 2 unspecified atom stereocenters. The van der Waals surface area contributed by atoms with E-state index in [1.54, 1.807) is 19.1 Å². The van der Waals surface area contributed by atoms with Crippen molar-refractivity contribution in [3.8, 4) is 11.4 Å². The number of hydrogen-bond donors (Lipinski definition) is 1. The Hall–Kier alpha value is -2.19. The third-order valence-corrected chi connectivity index (χ3v) is 5.41. The first-order valence-electron chi connectivity index (χ1n) is 8.24. The van der Waals surface area contributed by atoms with E-state index in [-0.39, 0.29) is 17.0 Å². The van der Waals surface area contributed by atoms with Crippen LogP contribution in [-0.2, 0) is 4.79 Å². The highest BCUT2D eigenvalue weighted by atomic mass is 79.9. The van der Waals surface area contributed by atoms with Gasteiger partial charge >= 0.3 is 0 Å². The van der Waals surface area contributed by atoms with Gasteiger partial charge in [0.2, 0.25) is 17.6 Å².